The third-order valence-electron chi connectivity index (χ3n) is 1.64. The van der Waals surface area contributed by atoms with Gasteiger partial charge in [0.1, 0.15) is 0 Å². The van der Waals surface area contributed by atoms with Crippen molar-refractivity contribution in [2.75, 3.05) is 10.5 Å². The second kappa shape index (κ2) is 4.77. The Bertz CT molecular complexity index is 476. The van der Waals surface area contributed by atoms with Gasteiger partial charge in [0.25, 0.3) is 0 Å². The summed E-state index contributed by atoms with van der Waals surface area (Å²) in [7, 11) is -3.60. The molecule has 0 aliphatic heterocycles. The maximum Gasteiger partial charge on any atom is 0.246 e. The van der Waals surface area contributed by atoms with Gasteiger partial charge >= 0.3 is 0 Å². The second-order valence-electron chi connectivity index (χ2n) is 2.88. The van der Waals surface area contributed by atoms with Crippen LogP contribution >= 0.6 is 0 Å². The molecular weight excluding hydrogens is 216 g/mol. The third kappa shape index (κ3) is 3.58. The monoisotopic (exact) mass is 226 g/mol. The van der Waals surface area contributed by atoms with Crippen molar-refractivity contribution in [2.45, 2.75) is 6.61 Å². The Kier molecular flexibility index (Phi) is 3.66. The minimum absolute atomic E-state index is 0.159. The zero-order valence-corrected chi connectivity index (χ0v) is 8.66. The smallest absolute Gasteiger partial charge is 0.246 e. The van der Waals surface area contributed by atoms with Gasteiger partial charge in [0.15, 0.2) is 5.75 Å². The molecule has 80 valence electrons. The number of hydrogen-bond donors (Lipinski definition) is 2. The summed E-state index contributed by atoms with van der Waals surface area (Å²) in [5, 5.41) is 17.1. The molecule has 0 saturated heterocycles. The van der Waals surface area contributed by atoms with Crippen LogP contribution in [0.25, 0.3) is 0 Å². The lowest BCUT2D eigenvalue weighted by Gasteiger charge is -2.05. The molecular formula is C9H10N2O3S. The number of nitrogens with zero attached hydrogens (tertiary/aromatic N) is 1. The number of aliphatic hydroxyl groups excluding tert-OH is 1. The molecule has 15 heavy (non-hydrogen) atoms. The van der Waals surface area contributed by atoms with Crippen LogP contribution in [0.5, 0.6) is 0 Å². The van der Waals surface area contributed by atoms with Crippen LogP contribution in [0.4, 0.5) is 5.69 Å². The van der Waals surface area contributed by atoms with Gasteiger partial charge < -0.3 is 5.11 Å². The number of hydrogen-bond acceptors (Lipinski definition) is 4. The summed E-state index contributed by atoms with van der Waals surface area (Å²) in [5.74, 6) is -0.587. The number of benzene rings is 1. The van der Waals surface area contributed by atoms with Gasteiger partial charge in [0, 0.05) is 5.69 Å². The summed E-state index contributed by atoms with van der Waals surface area (Å²) in [6.45, 7) is -0.159. The maximum absolute atomic E-state index is 11.2. The van der Waals surface area contributed by atoms with Crippen molar-refractivity contribution in [3.05, 3.63) is 29.8 Å². The number of sulfonamides is 1. The predicted octanol–water partition coefficient (Wildman–Crippen LogP) is 0.444. The van der Waals surface area contributed by atoms with Gasteiger partial charge in [-0.15, -0.1) is 0 Å². The Hall–Kier alpha value is -1.58. The van der Waals surface area contributed by atoms with Crippen LogP contribution in [0.15, 0.2) is 24.3 Å². The van der Waals surface area contributed by atoms with Crippen molar-refractivity contribution >= 4 is 15.7 Å². The number of anilines is 1. The fourth-order valence-electron chi connectivity index (χ4n) is 1.03. The molecule has 0 radical (unpaired) electrons. The average molecular weight is 226 g/mol. The first-order valence-corrected chi connectivity index (χ1v) is 5.80. The van der Waals surface area contributed by atoms with E-state index in [4.69, 9.17) is 10.4 Å². The largest absolute Gasteiger partial charge is 0.392 e. The minimum atomic E-state index is -3.60. The first kappa shape index (κ1) is 11.5. The average Bonchev–Trinajstić information content (AvgIpc) is 2.17. The molecule has 5 nitrogen and oxygen atoms in total. The van der Waals surface area contributed by atoms with Crippen LogP contribution in [-0.4, -0.2) is 19.3 Å². The summed E-state index contributed by atoms with van der Waals surface area (Å²) < 4.78 is 24.6. The lowest BCUT2D eigenvalue weighted by atomic mass is 10.2. The predicted molar refractivity (Wildman–Crippen MR) is 55.4 cm³/mol. The highest BCUT2D eigenvalue weighted by atomic mass is 32.2. The van der Waals surface area contributed by atoms with Crippen LogP contribution in [0.1, 0.15) is 5.56 Å². The lowest BCUT2D eigenvalue weighted by molar-refractivity contribution is 0.282. The molecule has 1 aromatic rings. The third-order valence-corrected chi connectivity index (χ3v) is 2.69. The number of aliphatic hydroxyl groups is 1. The molecule has 0 unspecified atom stereocenters. The SMILES string of the molecule is N#CCS(=O)(=O)Nc1cccc(CO)c1. The second-order valence-corrected chi connectivity index (χ2v) is 4.60. The van der Waals surface area contributed by atoms with E-state index in [9.17, 15) is 8.42 Å². The molecule has 0 bridgehead atoms. The molecule has 0 aliphatic carbocycles. The first-order valence-electron chi connectivity index (χ1n) is 4.14. The standard InChI is InChI=1S/C9H10N2O3S/c10-4-5-15(13,14)11-9-3-1-2-8(6-9)7-12/h1-3,6,11-12H,5,7H2. The molecule has 0 heterocycles. The fourth-order valence-corrected chi connectivity index (χ4v) is 1.76. The Morgan fingerprint density at radius 3 is 2.80 bits per heavy atom. The van der Waals surface area contributed by atoms with Crippen LogP contribution in [0.2, 0.25) is 0 Å². The molecule has 2 N–H and O–H groups in total. The van der Waals surface area contributed by atoms with E-state index >= 15 is 0 Å². The highest BCUT2D eigenvalue weighted by molar-refractivity contribution is 7.92. The Labute approximate surface area is 88.0 Å². The normalized spacial score (nSPS) is 10.7. The Morgan fingerprint density at radius 2 is 2.20 bits per heavy atom. The van der Waals surface area contributed by atoms with Crippen molar-refractivity contribution in [3.63, 3.8) is 0 Å². The number of nitrogens with one attached hydrogen (secondary N) is 1. The van der Waals surface area contributed by atoms with Gasteiger partial charge in [-0.25, -0.2) is 8.42 Å². The van der Waals surface area contributed by atoms with Gasteiger partial charge in [0.05, 0.1) is 12.7 Å². The van der Waals surface area contributed by atoms with Crippen LogP contribution < -0.4 is 4.72 Å². The van der Waals surface area contributed by atoms with Crippen LogP contribution in [0, 0.1) is 11.3 Å². The van der Waals surface area contributed by atoms with E-state index in [0.29, 0.717) is 11.3 Å². The highest BCUT2D eigenvalue weighted by Gasteiger charge is 2.09. The van der Waals surface area contributed by atoms with E-state index in [2.05, 4.69) is 4.72 Å². The van der Waals surface area contributed by atoms with Gasteiger partial charge in [-0.2, -0.15) is 5.26 Å². The van der Waals surface area contributed by atoms with Gasteiger partial charge in [0.2, 0.25) is 10.0 Å². The topological polar surface area (TPSA) is 90.2 Å². The summed E-state index contributed by atoms with van der Waals surface area (Å²) in [5.41, 5.74) is 0.948. The van der Waals surface area contributed by atoms with Crippen LogP contribution in [-0.2, 0) is 16.6 Å². The van der Waals surface area contributed by atoms with Crippen molar-refractivity contribution in [1.82, 2.24) is 0 Å². The molecule has 0 aromatic heterocycles. The quantitative estimate of drug-likeness (QED) is 0.779. The zero-order chi connectivity index (χ0) is 11.3. The first-order chi connectivity index (χ1) is 7.07. The van der Waals surface area contributed by atoms with E-state index in [1.807, 2.05) is 0 Å². The molecule has 0 aliphatic rings. The van der Waals surface area contributed by atoms with Gasteiger partial charge in [-0.3, -0.25) is 4.72 Å². The molecule has 0 saturated carbocycles. The van der Waals surface area contributed by atoms with Crippen LogP contribution in [0.3, 0.4) is 0 Å². The van der Waals surface area contributed by atoms with E-state index in [1.54, 1.807) is 24.3 Å². The molecule has 1 aromatic carbocycles. The highest BCUT2D eigenvalue weighted by Crippen LogP contribution is 2.12. The summed E-state index contributed by atoms with van der Waals surface area (Å²) in [4.78, 5) is 0. The summed E-state index contributed by atoms with van der Waals surface area (Å²) in [6.07, 6.45) is 0. The molecule has 1 rings (SSSR count). The van der Waals surface area contributed by atoms with Crippen molar-refractivity contribution < 1.29 is 13.5 Å². The Balaban J connectivity index is 2.86. The van der Waals surface area contributed by atoms with Crippen molar-refractivity contribution in [3.8, 4) is 6.07 Å². The van der Waals surface area contributed by atoms with E-state index < -0.39 is 15.8 Å². The molecule has 6 heteroatoms. The van der Waals surface area contributed by atoms with E-state index in [0.717, 1.165) is 0 Å². The maximum atomic E-state index is 11.2. The van der Waals surface area contributed by atoms with E-state index in [-0.39, 0.29) is 6.61 Å². The molecule has 0 atom stereocenters. The number of rotatable bonds is 4. The van der Waals surface area contributed by atoms with Gasteiger partial charge in [-0.1, -0.05) is 12.1 Å². The number of nitriles is 1. The Morgan fingerprint density at radius 1 is 1.47 bits per heavy atom. The van der Waals surface area contributed by atoms with E-state index in [1.165, 1.54) is 6.07 Å². The zero-order valence-electron chi connectivity index (χ0n) is 7.84. The summed E-state index contributed by atoms with van der Waals surface area (Å²) >= 11 is 0. The minimum Gasteiger partial charge on any atom is -0.392 e. The molecule has 0 amide bonds. The molecule has 0 fully saturated rings. The van der Waals surface area contributed by atoms with Crippen molar-refractivity contribution in [2.24, 2.45) is 0 Å². The lowest BCUT2D eigenvalue weighted by Crippen LogP contribution is -2.15. The van der Waals surface area contributed by atoms with Crippen molar-refractivity contribution in [1.29, 1.82) is 5.26 Å². The van der Waals surface area contributed by atoms with Gasteiger partial charge in [-0.05, 0) is 17.7 Å². The summed E-state index contributed by atoms with van der Waals surface area (Å²) in [6, 6.07) is 7.91. The molecule has 0 spiro atoms. The fraction of sp³-hybridized carbons (Fsp3) is 0.222.